The Balaban J connectivity index is 1.01. The molecule has 0 amide bonds. The van der Waals surface area contributed by atoms with Crippen LogP contribution in [-0.4, -0.2) is 41.9 Å². The molecule has 0 saturated carbocycles. The topological polar surface area (TPSA) is 47.7 Å². The maximum atomic E-state index is 5.43. The maximum absolute atomic E-state index is 5.43. The van der Waals surface area contributed by atoms with Gasteiger partial charge in [0.15, 0.2) is 5.84 Å². The molecule has 11 aromatic carbocycles. The van der Waals surface area contributed by atoms with Crippen molar-refractivity contribution in [3.8, 4) is 22.7 Å². The smallest absolute Gasteiger partial charge is 0.159 e. The first-order chi connectivity index (χ1) is 38.6. The fraction of sp³-hybridized carbons (Fsp3) is 0.0423. The Morgan fingerprint density at radius 1 is 0.333 bits per heavy atom. The first-order valence-electron chi connectivity index (χ1n) is 26.8. The Morgan fingerprint density at radius 2 is 0.833 bits per heavy atom. The zero-order valence-corrected chi connectivity index (χ0v) is 43.0. The molecule has 16 rings (SSSR count). The third-order valence-electron chi connectivity index (χ3n) is 16.3. The molecule has 7 heteroatoms. The van der Waals surface area contributed by atoms with Crippen LogP contribution in [0, 0.1) is 6.92 Å². The summed E-state index contributed by atoms with van der Waals surface area (Å²) in [6.45, 7) is 2.29. The first kappa shape index (κ1) is 44.1. The number of nitrogens with zero attached hydrogens (tertiary/aromatic N) is 7. The van der Waals surface area contributed by atoms with Gasteiger partial charge in [-0.2, -0.15) is 0 Å². The maximum Gasteiger partial charge on any atom is 0.159 e. The van der Waals surface area contributed by atoms with Crippen molar-refractivity contribution < 1.29 is 0 Å². The van der Waals surface area contributed by atoms with E-state index in [-0.39, 0.29) is 6.17 Å². The molecule has 1 aliphatic rings. The molecule has 0 saturated heterocycles. The van der Waals surface area contributed by atoms with E-state index >= 15 is 0 Å². The van der Waals surface area contributed by atoms with Crippen molar-refractivity contribution >= 4 is 98.9 Å². The van der Waals surface area contributed by atoms with E-state index in [2.05, 4.69) is 286 Å². The predicted octanol–water partition coefficient (Wildman–Crippen LogP) is 17.2. The van der Waals surface area contributed by atoms with Crippen LogP contribution < -0.4 is 0 Å². The van der Waals surface area contributed by atoms with Crippen LogP contribution in [0.25, 0.3) is 110 Å². The van der Waals surface area contributed by atoms with Crippen molar-refractivity contribution in [3.05, 3.63) is 277 Å². The number of hydrogen-bond acceptors (Lipinski definition) is 3. The molecule has 15 aromatic rings. The Hall–Kier alpha value is -10.2. The summed E-state index contributed by atoms with van der Waals surface area (Å²) in [5, 5.41) is 9.65. The number of rotatable bonds is 7. The minimum Gasteiger partial charge on any atom is -0.333 e. The summed E-state index contributed by atoms with van der Waals surface area (Å²) >= 11 is 0. The number of fused-ring (bicyclic) bond motifs is 14. The summed E-state index contributed by atoms with van der Waals surface area (Å²) in [7, 11) is 2.12. The highest BCUT2D eigenvalue weighted by Gasteiger charge is 2.29. The molecule has 5 heterocycles. The van der Waals surface area contributed by atoms with E-state index in [1.165, 1.54) is 70.9 Å². The molecule has 4 aromatic heterocycles. The van der Waals surface area contributed by atoms with Gasteiger partial charge in [-0.05, 0) is 115 Å². The normalized spacial score (nSPS) is 14.0. The van der Waals surface area contributed by atoms with Crippen molar-refractivity contribution in [1.29, 1.82) is 0 Å². The number of hydrogen-bond donors (Lipinski definition) is 0. The van der Waals surface area contributed by atoms with Crippen molar-refractivity contribution in [2.24, 2.45) is 9.98 Å². The molecule has 1 unspecified atom stereocenters. The van der Waals surface area contributed by atoms with Gasteiger partial charge in [0.1, 0.15) is 12.0 Å². The fourth-order valence-electron chi connectivity index (χ4n) is 12.9. The van der Waals surface area contributed by atoms with Gasteiger partial charge in [-0.3, -0.25) is 0 Å². The molecule has 7 nitrogen and oxygen atoms in total. The lowest BCUT2D eigenvalue weighted by Gasteiger charge is -2.32. The van der Waals surface area contributed by atoms with Crippen LogP contribution in [0.15, 0.2) is 265 Å². The highest BCUT2D eigenvalue weighted by atomic mass is 15.3. The van der Waals surface area contributed by atoms with Crippen molar-refractivity contribution in [2.45, 2.75) is 13.1 Å². The molecular formula is C71H49N7. The highest BCUT2D eigenvalue weighted by Crippen LogP contribution is 2.47. The lowest BCUT2D eigenvalue weighted by molar-refractivity contribution is 0.383. The van der Waals surface area contributed by atoms with Crippen LogP contribution in [0.3, 0.4) is 0 Å². The van der Waals surface area contributed by atoms with E-state index in [0.717, 1.165) is 67.2 Å². The van der Waals surface area contributed by atoms with Gasteiger partial charge in [-0.1, -0.05) is 158 Å². The number of aliphatic imine (C=N–C) groups is 2. The number of aryl methyl sites for hydroxylation is 1. The quantitative estimate of drug-likeness (QED) is 0.157. The fourth-order valence-corrected chi connectivity index (χ4v) is 12.9. The predicted molar refractivity (Wildman–Crippen MR) is 325 cm³/mol. The average Bonchev–Trinajstić information content (AvgIpc) is 4.40. The second kappa shape index (κ2) is 17.1. The molecule has 368 valence electrons. The number of benzene rings is 11. The first-order valence-corrected chi connectivity index (χ1v) is 26.8. The van der Waals surface area contributed by atoms with Gasteiger partial charge < -0.3 is 23.2 Å². The number of amidine groups is 2. The molecule has 78 heavy (non-hydrogen) atoms. The molecule has 0 radical (unpaired) electrons. The van der Waals surface area contributed by atoms with E-state index in [0.29, 0.717) is 5.84 Å². The minimum absolute atomic E-state index is 0.275. The van der Waals surface area contributed by atoms with E-state index in [9.17, 15) is 0 Å². The highest BCUT2D eigenvalue weighted by molar-refractivity contribution is 6.29. The average molecular weight is 1000 g/mol. The summed E-state index contributed by atoms with van der Waals surface area (Å²) in [6.07, 6.45) is -0.275. The van der Waals surface area contributed by atoms with Crippen molar-refractivity contribution in [1.82, 2.24) is 23.2 Å². The van der Waals surface area contributed by atoms with Gasteiger partial charge in [0.05, 0.1) is 44.1 Å². The third kappa shape index (κ3) is 6.45. The number of para-hydroxylation sites is 5. The van der Waals surface area contributed by atoms with Gasteiger partial charge in [-0.25, -0.2) is 9.98 Å². The molecule has 1 aliphatic heterocycles. The molecule has 0 N–H and O–H groups in total. The van der Waals surface area contributed by atoms with Gasteiger partial charge in [0.25, 0.3) is 0 Å². The minimum atomic E-state index is -0.275. The molecule has 0 fully saturated rings. The second-order valence-electron chi connectivity index (χ2n) is 20.6. The lowest BCUT2D eigenvalue weighted by atomic mass is 10.0. The van der Waals surface area contributed by atoms with Crippen LogP contribution in [0.2, 0.25) is 0 Å². The van der Waals surface area contributed by atoms with Gasteiger partial charge >= 0.3 is 0 Å². The van der Waals surface area contributed by atoms with E-state index < -0.39 is 0 Å². The van der Waals surface area contributed by atoms with Crippen molar-refractivity contribution in [3.63, 3.8) is 0 Å². The third-order valence-corrected chi connectivity index (χ3v) is 16.3. The summed E-state index contributed by atoms with van der Waals surface area (Å²) in [6, 6.07) is 92.3. The zero-order valence-electron chi connectivity index (χ0n) is 43.0. The molecular weight excluding hydrogens is 951 g/mol. The summed E-state index contributed by atoms with van der Waals surface area (Å²) in [4.78, 5) is 13.0. The van der Waals surface area contributed by atoms with Crippen LogP contribution in [0.1, 0.15) is 28.4 Å². The van der Waals surface area contributed by atoms with E-state index in [1.807, 2.05) is 6.07 Å². The molecule has 0 spiro atoms. The second-order valence-corrected chi connectivity index (χ2v) is 20.6. The molecule has 0 aliphatic carbocycles. The van der Waals surface area contributed by atoms with Gasteiger partial charge in [0, 0.05) is 84.0 Å². The van der Waals surface area contributed by atoms with Crippen LogP contribution in [-0.2, 0) is 0 Å². The largest absolute Gasteiger partial charge is 0.333 e. The van der Waals surface area contributed by atoms with Crippen molar-refractivity contribution in [2.75, 3.05) is 7.05 Å². The Morgan fingerprint density at radius 3 is 1.53 bits per heavy atom. The zero-order chi connectivity index (χ0) is 51.6. The summed E-state index contributed by atoms with van der Waals surface area (Å²) < 4.78 is 9.90. The monoisotopic (exact) mass is 999 g/mol. The van der Waals surface area contributed by atoms with E-state index in [4.69, 9.17) is 9.98 Å². The Kier molecular flexibility index (Phi) is 9.69. The standard InChI is InChI=1S/C71H49N7/c1-45-42-63-65(55-33-19-21-35-59(55)75(63)49-26-12-5-13-27-49)68-64(45)57-44-52(37-40-61(57)78(68)51-30-16-7-17-31-51)76-60-39-36-48(71-73-69(46-22-8-3-9-23-46)72-70(74(71)2)47-24-10-4-11-25-47)43-56(60)66-62(76)41-38-54-53-32-18-20-34-58(53)77(67(54)66)50-28-14-6-15-29-50/h3-44,70H,1-2H3. The molecule has 1 atom stereocenters. The summed E-state index contributed by atoms with van der Waals surface area (Å²) in [5.74, 6) is 1.58. The van der Waals surface area contributed by atoms with Gasteiger partial charge in [0.2, 0.25) is 0 Å². The Bertz CT molecular complexity index is 4970. The van der Waals surface area contributed by atoms with Crippen LogP contribution in [0.5, 0.6) is 0 Å². The van der Waals surface area contributed by atoms with Crippen LogP contribution >= 0.6 is 0 Å². The van der Waals surface area contributed by atoms with Gasteiger partial charge in [-0.15, -0.1) is 0 Å². The van der Waals surface area contributed by atoms with E-state index in [1.54, 1.807) is 0 Å². The molecule has 0 bridgehead atoms. The lowest BCUT2D eigenvalue weighted by Crippen LogP contribution is -2.35. The Labute approximate surface area is 449 Å². The number of aromatic nitrogens is 4. The SMILES string of the molecule is Cc1cc2c(c3ccccc3n2-c2ccccc2)c2c1c1cc(-n3c4ccc(C5=NC(c6ccccc6)=NC(c6ccccc6)N5C)cc4c4c3ccc3c5ccccc5n(-c5ccccc5)c34)ccc1n2-c1ccccc1. The van der Waals surface area contributed by atoms with Crippen LogP contribution in [0.4, 0.5) is 0 Å². The summed E-state index contributed by atoms with van der Waals surface area (Å²) in [5.41, 5.74) is 18.1.